The molecule has 2 aromatic rings. The molecule has 0 aliphatic carbocycles. The van der Waals surface area contributed by atoms with Crippen LogP contribution in [-0.4, -0.2) is 29.0 Å². The first-order valence-electron chi connectivity index (χ1n) is 8.25. The van der Waals surface area contributed by atoms with E-state index in [2.05, 4.69) is 28.8 Å². The van der Waals surface area contributed by atoms with E-state index in [-0.39, 0.29) is 22.4 Å². The monoisotopic (exact) mass is 354 g/mol. The normalized spacial score (nSPS) is 21.6. The third-order valence-corrected chi connectivity index (χ3v) is 5.39. The third-order valence-electron chi connectivity index (χ3n) is 4.41. The number of nitrogens with one attached hydrogen (secondary N) is 2. The molecule has 0 spiro atoms. The predicted octanol–water partition coefficient (Wildman–Crippen LogP) is 3.00. The second-order valence-corrected chi connectivity index (χ2v) is 7.42. The largest absolute Gasteiger partial charge is 0.491 e. The van der Waals surface area contributed by atoms with Crippen LogP contribution in [0.5, 0.6) is 5.75 Å². The van der Waals surface area contributed by atoms with Gasteiger partial charge in [-0.25, -0.2) is 0 Å². The number of hydrogen-bond donors (Lipinski definition) is 2. The maximum Gasteiger partial charge on any atom is 0.286 e. The number of rotatable bonds is 5. The first-order chi connectivity index (χ1) is 12.2. The van der Waals surface area contributed by atoms with Crippen molar-refractivity contribution >= 4 is 28.6 Å². The van der Waals surface area contributed by atoms with E-state index in [1.807, 2.05) is 30.3 Å². The molecule has 2 unspecified atom stereocenters. The Bertz CT molecular complexity index is 782. The summed E-state index contributed by atoms with van der Waals surface area (Å²) in [5, 5.41) is 5.18. The van der Waals surface area contributed by atoms with Crippen molar-refractivity contribution in [1.82, 2.24) is 5.32 Å². The van der Waals surface area contributed by atoms with Crippen LogP contribution < -0.4 is 15.4 Å². The Morgan fingerprint density at radius 1 is 1.08 bits per heavy atom. The molecule has 6 heteroatoms. The van der Waals surface area contributed by atoms with Gasteiger partial charge >= 0.3 is 0 Å². The highest BCUT2D eigenvalue weighted by molar-refractivity contribution is 8.15. The van der Waals surface area contributed by atoms with Crippen molar-refractivity contribution < 1.29 is 14.3 Å². The van der Waals surface area contributed by atoms with Gasteiger partial charge < -0.3 is 10.1 Å². The summed E-state index contributed by atoms with van der Waals surface area (Å²) in [5.74, 6) is 0.600. The first kappa shape index (κ1) is 16.0. The van der Waals surface area contributed by atoms with Gasteiger partial charge in [0.15, 0.2) is 0 Å². The van der Waals surface area contributed by atoms with E-state index < -0.39 is 0 Å². The van der Waals surface area contributed by atoms with Gasteiger partial charge in [0.2, 0.25) is 5.91 Å². The highest BCUT2D eigenvalue weighted by Crippen LogP contribution is 2.26. The number of anilines is 1. The van der Waals surface area contributed by atoms with Crippen LogP contribution in [0.15, 0.2) is 48.5 Å². The van der Waals surface area contributed by atoms with Gasteiger partial charge in [-0.15, -0.1) is 0 Å². The SMILES string of the molecule is O=C1NC(=O)C(Cc2ccc(OCC3Cc4ccccc4N3)cc2)S1. The molecule has 2 N–H and O–H groups in total. The molecule has 2 aliphatic heterocycles. The standard InChI is InChI=1S/C19H18N2O3S/c22-18-17(25-19(23)21-18)9-12-5-7-15(8-6-12)24-11-14-10-13-3-1-2-4-16(13)20-14/h1-8,14,17,20H,9-11H2,(H,21,22,23). The zero-order valence-corrected chi connectivity index (χ0v) is 14.3. The van der Waals surface area contributed by atoms with E-state index in [4.69, 9.17) is 4.74 Å². The zero-order chi connectivity index (χ0) is 17.2. The summed E-state index contributed by atoms with van der Waals surface area (Å²) >= 11 is 1.05. The van der Waals surface area contributed by atoms with Gasteiger partial charge in [0.1, 0.15) is 12.4 Å². The Morgan fingerprint density at radius 2 is 1.88 bits per heavy atom. The minimum absolute atomic E-state index is 0.206. The molecule has 1 fully saturated rings. The van der Waals surface area contributed by atoms with Gasteiger partial charge in [0.05, 0.1) is 11.3 Å². The summed E-state index contributed by atoms with van der Waals surface area (Å²) < 4.78 is 5.88. The number of ether oxygens (including phenoxy) is 1. The number of para-hydroxylation sites is 1. The zero-order valence-electron chi connectivity index (χ0n) is 13.5. The summed E-state index contributed by atoms with van der Waals surface area (Å²) in [6.07, 6.45) is 1.51. The van der Waals surface area contributed by atoms with E-state index >= 15 is 0 Å². The van der Waals surface area contributed by atoms with Crippen molar-refractivity contribution in [3.8, 4) is 5.75 Å². The molecule has 128 valence electrons. The summed E-state index contributed by atoms with van der Waals surface area (Å²) in [6.45, 7) is 0.601. The van der Waals surface area contributed by atoms with Crippen LogP contribution in [0.4, 0.5) is 10.5 Å². The van der Waals surface area contributed by atoms with Crippen LogP contribution >= 0.6 is 11.8 Å². The van der Waals surface area contributed by atoms with Gasteiger partial charge in [0.25, 0.3) is 5.24 Å². The van der Waals surface area contributed by atoms with E-state index in [0.717, 1.165) is 29.5 Å². The van der Waals surface area contributed by atoms with E-state index in [9.17, 15) is 9.59 Å². The fourth-order valence-corrected chi connectivity index (χ4v) is 4.00. The lowest BCUT2D eigenvalue weighted by atomic mass is 10.1. The highest BCUT2D eigenvalue weighted by Gasteiger charge is 2.31. The minimum atomic E-state index is -0.333. The number of carbonyl (C=O) groups is 2. The summed E-state index contributed by atoms with van der Waals surface area (Å²) in [7, 11) is 0. The lowest BCUT2D eigenvalue weighted by Gasteiger charge is -2.13. The third kappa shape index (κ3) is 3.64. The molecule has 1 saturated heterocycles. The van der Waals surface area contributed by atoms with Gasteiger partial charge in [-0.05, 0) is 42.2 Å². The number of thioether (sulfide) groups is 1. The van der Waals surface area contributed by atoms with E-state index in [0.29, 0.717) is 13.0 Å². The van der Waals surface area contributed by atoms with Crippen LogP contribution in [0, 0.1) is 0 Å². The number of carbonyl (C=O) groups excluding carboxylic acids is 2. The maximum atomic E-state index is 11.6. The van der Waals surface area contributed by atoms with Crippen molar-refractivity contribution in [2.45, 2.75) is 24.1 Å². The summed E-state index contributed by atoms with van der Waals surface area (Å²) in [4.78, 5) is 22.8. The molecule has 2 atom stereocenters. The Labute approximate surface area is 150 Å². The van der Waals surface area contributed by atoms with Crippen molar-refractivity contribution in [3.63, 3.8) is 0 Å². The topological polar surface area (TPSA) is 67.4 Å². The fourth-order valence-electron chi connectivity index (χ4n) is 3.14. The molecule has 5 nitrogen and oxygen atoms in total. The minimum Gasteiger partial charge on any atom is -0.491 e. The van der Waals surface area contributed by atoms with Gasteiger partial charge in [-0.3, -0.25) is 14.9 Å². The molecule has 4 rings (SSSR count). The van der Waals surface area contributed by atoms with Crippen LogP contribution in [0.3, 0.4) is 0 Å². The average Bonchev–Trinajstić information content (AvgIpc) is 3.16. The Balaban J connectivity index is 1.30. The molecule has 2 amide bonds. The Morgan fingerprint density at radius 3 is 2.60 bits per heavy atom. The Kier molecular flexibility index (Phi) is 4.36. The molecule has 0 saturated carbocycles. The second-order valence-electron chi connectivity index (χ2n) is 6.24. The summed E-state index contributed by atoms with van der Waals surface area (Å²) in [6, 6.07) is 16.3. The highest BCUT2D eigenvalue weighted by atomic mass is 32.2. The van der Waals surface area contributed by atoms with Crippen molar-refractivity contribution in [2.75, 3.05) is 11.9 Å². The van der Waals surface area contributed by atoms with Crippen LogP contribution in [0.25, 0.3) is 0 Å². The lowest BCUT2D eigenvalue weighted by Crippen LogP contribution is -2.25. The number of benzene rings is 2. The van der Waals surface area contributed by atoms with Crippen molar-refractivity contribution in [1.29, 1.82) is 0 Å². The number of amides is 2. The number of fused-ring (bicyclic) bond motifs is 1. The fraction of sp³-hybridized carbons (Fsp3) is 0.263. The molecular formula is C19H18N2O3S. The quantitative estimate of drug-likeness (QED) is 0.864. The lowest BCUT2D eigenvalue weighted by molar-refractivity contribution is -0.118. The van der Waals surface area contributed by atoms with Gasteiger partial charge in [-0.2, -0.15) is 0 Å². The molecule has 0 aromatic heterocycles. The summed E-state index contributed by atoms with van der Waals surface area (Å²) in [5.41, 5.74) is 3.53. The van der Waals surface area contributed by atoms with Crippen LogP contribution in [0.2, 0.25) is 0 Å². The molecule has 25 heavy (non-hydrogen) atoms. The van der Waals surface area contributed by atoms with Crippen molar-refractivity contribution in [3.05, 3.63) is 59.7 Å². The molecule has 2 heterocycles. The molecule has 0 radical (unpaired) electrons. The van der Waals surface area contributed by atoms with E-state index in [1.54, 1.807) is 0 Å². The molecule has 2 aliphatic rings. The average molecular weight is 354 g/mol. The first-order valence-corrected chi connectivity index (χ1v) is 9.13. The van der Waals surface area contributed by atoms with Crippen molar-refractivity contribution in [2.24, 2.45) is 0 Å². The molecule has 0 bridgehead atoms. The molecular weight excluding hydrogens is 336 g/mol. The number of hydrogen-bond acceptors (Lipinski definition) is 5. The van der Waals surface area contributed by atoms with Crippen LogP contribution in [0.1, 0.15) is 11.1 Å². The second kappa shape index (κ2) is 6.80. The Hall–Kier alpha value is -2.47. The number of imide groups is 1. The maximum absolute atomic E-state index is 11.6. The van der Waals surface area contributed by atoms with Gasteiger partial charge in [-0.1, -0.05) is 42.1 Å². The smallest absolute Gasteiger partial charge is 0.286 e. The van der Waals surface area contributed by atoms with Gasteiger partial charge in [0, 0.05) is 5.69 Å². The van der Waals surface area contributed by atoms with E-state index in [1.165, 1.54) is 11.3 Å². The van der Waals surface area contributed by atoms with Crippen LogP contribution in [-0.2, 0) is 17.6 Å². The predicted molar refractivity (Wildman–Crippen MR) is 98.1 cm³/mol. The molecule has 2 aromatic carbocycles.